The molecule has 1 heterocycles. The SMILES string of the molecule is Cc1ccc(S(=O)(=O)N(C)C)cc1NC(=O)CCOCC1CCCO1. The van der Waals surface area contributed by atoms with Crippen molar-refractivity contribution in [3.8, 4) is 0 Å². The molecule has 1 aromatic carbocycles. The third kappa shape index (κ3) is 5.50. The highest BCUT2D eigenvalue weighted by Gasteiger charge is 2.19. The van der Waals surface area contributed by atoms with Gasteiger partial charge in [-0.25, -0.2) is 12.7 Å². The first-order valence-electron chi connectivity index (χ1n) is 8.33. The highest BCUT2D eigenvalue weighted by molar-refractivity contribution is 7.89. The van der Waals surface area contributed by atoms with Gasteiger partial charge in [0, 0.05) is 26.4 Å². The molecular weight excluding hydrogens is 344 g/mol. The van der Waals surface area contributed by atoms with E-state index in [0.29, 0.717) is 18.9 Å². The highest BCUT2D eigenvalue weighted by Crippen LogP contribution is 2.22. The number of hydrogen-bond acceptors (Lipinski definition) is 5. The number of benzene rings is 1. The number of amides is 1. The molecule has 1 atom stereocenters. The molecule has 0 bridgehead atoms. The molecule has 25 heavy (non-hydrogen) atoms. The van der Waals surface area contributed by atoms with E-state index in [1.165, 1.54) is 26.2 Å². The first-order valence-corrected chi connectivity index (χ1v) is 9.77. The van der Waals surface area contributed by atoms with Crippen molar-refractivity contribution in [2.45, 2.75) is 37.2 Å². The van der Waals surface area contributed by atoms with Gasteiger partial charge in [0.1, 0.15) is 0 Å². The van der Waals surface area contributed by atoms with Crippen molar-refractivity contribution in [3.05, 3.63) is 23.8 Å². The summed E-state index contributed by atoms with van der Waals surface area (Å²) >= 11 is 0. The van der Waals surface area contributed by atoms with E-state index >= 15 is 0 Å². The van der Waals surface area contributed by atoms with Crippen LogP contribution in [0.2, 0.25) is 0 Å². The van der Waals surface area contributed by atoms with Gasteiger partial charge in [-0.1, -0.05) is 6.07 Å². The molecule has 1 N–H and O–H groups in total. The molecule has 1 amide bonds. The molecule has 7 nitrogen and oxygen atoms in total. The van der Waals surface area contributed by atoms with E-state index in [1.54, 1.807) is 6.07 Å². The second-order valence-electron chi connectivity index (χ2n) is 6.27. The summed E-state index contributed by atoms with van der Waals surface area (Å²) in [6.07, 6.45) is 2.40. The molecule has 0 aliphatic carbocycles. The summed E-state index contributed by atoms with van der Waals surface area (Å²) in [6, 6.07) is 4.70. The number of rotatable bonds is 8. The van der Waals surface area contributed by atoms with Gasteiger partial charge in [-0.3, -0.25) is 4.79 Å². The lowest BCUT2D eigenvalue weighted by Crippen LogP contribution is -2.23. The van der Waals surface area contributed by atoms with Crippen molar-refractivity contribution in [2.24, 2.45) is 0 Å². The van der Waals surface area contributed by atoms with Gasteiger partial charge in [-0.05, 0) is 37.5 Å². The number of ether oxygens (including phenoxy) is 2. The topological polar surface area (TPSA) is 84.9 Å². The number of carbonyl (C=O) groups is 1. The summed E-state index contributed by atoms with van der Waals surface area (Å²) in [5.41, 5.74) is 1.29. The minimum atomic E-state index is -3.54. The summed E-state index contributed by atoms with van der Waals surface area (Å²) in [4.78, 5) is 12.2. The molecular formula is C17H26N2O5S. The zero-order valence-electron chi connectivity index (χ0n) is 14.9. The van der Waals surface area contributed by atoms with Crippen LogP contribution in [0.4, 0.5) is 5.69 Å². The molecule has 1 saturated heterocycles. The first kappa shape index (κ1) is 19.8. The molecule has 0 aromatic heterocycles. The van der Waals surface area contributed by atoms with Gasteiger partial charge < -0.3 is 14.8 Å². The number of sulfonamides is 1. The van der Waals surface area contributed by atoms with Crippen molar-refractivity contribution in [3.63, 3.8) is 0 Å². The standard InChI is InChI=1S/C17H26N2O5S/c1-13-6-7-15(25(21,22)19(2)3)11-16(13)18-17(20)8-10-23-12-14-5-4-9-24-14/h6-7,11,14H,4-5,8-10,12H2,1-3H3,(H,18,20). The van der Waals surface area contributed by atoms with Crippen molar-refractivity contribution < 1.29 is 22.7 Å². The van der Waals surface area contributed by atoms with Crippen molar-refractivity contribution in [2.75, 3.05) is 39.2 Å². The molecule has 1 aliphatic heterocycles. The smallest absolute Gasteiger partial charge is 0.242 e. The van der Waals surface area contributed by atoms with E-state index in [9.17, 15) is 13.2 Å². The minimum absolute atomic E-state index is 0.137. The zero-order valence-corrected chi connectivity index (χ0v) is 15.8. The monoisotopic (exact) mass is 370 g/mol. The number of hydrogen-bond donors (Lipinski definition) is 1. The Bertz CT molecular complexity index is 697. The van der Waals surface area contributed by atoms with E-state index in [0.717, 1.165) is 29.3 Å². The van der Waals surface area contributed by atoms with Crippen molar-refractivity contribution >= 4 is 21.6 Å². The van der Waals surface area contributed by atoms with E-state index in [1.807, 2.05) is 6.92 Å². The normalized spacial score (nSPS) is 17.8. The van der Waals surface area contributed by atoms with Crippen LogP contribution in [0.25, 0.3) is 0 Å². The Morgan fingerprint density at radius 3 is 2.80 bits per heavy atom. The van der Waals surface area contributed by atoms with Crippen molar-refractivity contribution in [1.82, 2.24) is 4.31 Å². The highest BCUT2D eigenvalue weighted by atomic mass is 32.2. The van der Waals surface area contributed by atoms with Crippen LogP contribution in [0.1, 0.15) is 24.8 Å². The van der Waals surface area contributed by atoms with Gasteiger partial charge in [0.2, 0.25) is 15.9 Å². The van der Waals surface area contributed by atoms with Crippen LogP contribution >= 0.6 is 0 Å². The Hall–Kier alpha value is -1.48. The molecule has 8 heteroatoms. The Balaban J connectivity index is 1.89. The average Bonchev–Trinajstić information content (AvgIpc) is 3.06. The third-order valence-corrected chi connectivity index (χ3v) is 5.87. The van der Waals surface area contributed by atoms with E-state index in [-0.39, 0.29) is 23.3 Å². The maximum absolute atomic E-state index is 12.2. The minimum Gasteiger partial charge on any atom is -0.378 e. The summed E-state index contributed by atoms with van der Waals surface area (Å²) in [5, 5.41) is 2.76. The fraction of sp³-hybridized carbons (Fsp3) is 0.588. The van der Waals surface area contributed by atoms with Gasteiger partial charge in [-0.15, -0.1) is 0 Å². The molecule has 1 fully saturated rings. The molecule has 1 aliphatic rings. The number of nitrogens with zero attached hydrogens (tertiary/aromatic N) is 1. The van der Waals surface area contributed by atoms with Crippen LogP contribution in [0, 0.1) is 6.92 Å². The molecule has 0 saturated carbocycles. The fourth-order valence-electron chi connectivity index (χ4n) is 2.48. The zero-order chi connectivity index (χ0) is 18.4. The molecule has 0 radical (unpaired) electrons. The second-order valence-corrected chi connectivity index (χ2v) is 8.42. The molecule has 1 unspecified atom stereocenters. The van der Waals surface area contributed by atoms with Crippen LogP contribution < -0.4 is 5.32 Å². The molecule has 140 valence electrons. The predicted molar refractivity (Wildman–Crippen MR) is 95.1 cm³/mol. The summed E-state index contributed by atoms with van der Waals surface area (Å²) in [6.45, 7) is 3.40. The molecule has 0 spiro atoms. The Kier molecular flexibility index (Phi) is 6.95. The van der Waals surface area contributed by atoms with E-state index < -0.39 is 10.0 Å². The van der Waals surface area contributed by atoms with Crippen LogP contribution in [-0.4, -0.2) is 58.7 Å². The molecule has 1 aromatic rings. The van der Waals surface area contributed by atoms with Crippen molar-refractivity contribution in [1.29, 1.82) is 0 Å². The van der Waals surface area contributed by atoms with Crippen LogP contribution in [0.15, 0.2) is 23.1 Å². The maximum Gasteiger partial charge on any atom is 0.242 e. The maximum atomic E-state index is 12.2. The van der Waals surface area contributed by atoms with Gasteiger partial charge in [0.25, 0.3) is 0 Å². The number of anilines is 1. The van der Waals surface area contributed by atoms with Gasteiger partial charge in [0.05, 0.1) is 30.6 Å². The predicted octanol–water partition coefficient (Wildman–Crippen LogP) is 1.77. The van der Waals surface area contributed by atoms with Crippen LogP contribution in [0.3, 0.4) is 0 Å². The van der Waals surface area contributed by atoms with Gasteiger partial charge in [-0.2, -0.15) is 0 Å². The lowest BCUT2D eigenvalue weighted by Gasteiger charge is -2.14. The Labute approximate surface area is 149 Å². The Morgan fingerprint density at radius 2 is 2.16 bits per heavy atom. The largest absolute Gasteiger partial charge is 0.378 e. The van der Waals surface area contributed by atoms with Crippen LogP contribution in [0.5, 0.6) is 0 Å². The van der Waals surface area contributed by atoms with Gasteiger partial charge >= 0.3 is 0 Å². The summed E-state index contributed by atoms with van der Waals surface area (Å²) in [7, 11) is -0.597. The molecule has 2 rings (SSSR count). The van der Waals surface area contributed by atoms with E-state index in [2.05, 4.69) is 5.32 Å². The first-order chi connectivity index (χ1) is 11.8. The average molecular weight is 370 g/mol. The third-order valence-electron chi connectivity index (χ3n) is 4.06. The summed E-state index contributed by atoms with van der Waals surface area (Å²) in [5.74, 6) is -0.213. The Morgan fingerprint density at radius 1 is 1.40 bits per heavy atom. The second kappa shape index (κ2) is 8.75. The van der Waals surface area contributed by atoms with Crippen LogP contribution in [-0.2, 0) is 24.3 Å². The summed E-state index contributed by atoms with van der Waals surface area (Å²) < 4.78 is 36.5. The quantitative estimate of drug-likeness (QED) is 0.705. The van der Waals surface area contributed by atoms with E-state index in [4.69, 9.17) is 9.47 Å². The number of carbonyl (C=O) groups excluding carboxylic acids is 1. The number of aryl methyl sites for hydroxylation is 1. The fourth-order valence-corrected chi connectivity index (χ4v) is 3.40. The lowest BCUT2D eigenvalue weighted by atomic mass is 10.2. The number of nitrogens with one attached hydrogen (secondary N) is 1. The lowest BCUT2D eigenvalue weighted by molar-refractivity contribution is -0.117. The van der Waals surface area contributed by atoms with Gasteiger partial charge in [0.15, 0.2) is 0 Å².